The lowest BCUT2D eigenvalue weighted by Crippen LogP contribution is -2.46. The Labute approximate surface area is 154 Å². The minimum atomic E-state index is 0.474. The fraction of sp³-hybridized carbons (Fsp3) is 0.350. The van der Waals surface area contributed by atoms with Gasteiger partial charge in [0.25, 0.3) is 0 Å². The molecule has 0 amide bonds. The number of pyridine rings is 1. The molecule has 1 aliphatic heterocycles. The number of nitrogens with one attached hydrogen (secondary N) is 1. The number of benzene rings is 1. The smallest absolute Gasteiger partial charge is 0.128 e. The molecule has 1 aliphatic rings. The molecule has 132 valence electrons. The number of likely N-dealkylation sites (N-methyl/N-ethyl adjacent to an activating group) is 1. The van der Waals surface area contributed by atoms with Gasteiger partial charge < -0.3 is 15.1 Å². The number of para-hydroxylation sites is 1. The first-order valence-electron chi connectivity index (χ1n) is 8.84. The van der Waals surface area contributed by atoms with Crippen molar-refractivity contribution in [3.05, 3.63) is 53.2 Å². The van der Waals surface area contributed by atoms with E-state index in [2.05, 4.69) is 39.2 Å². The predicted octanol–water partition coefficient (Wildman–Crippen LogP) is 2.58. The molecule has 1 saturated heterocycles. The normalized spacial score (nSPS) is 14.5. The van der Waals surface area contributed by atoms with Gasteiger partial charge in [0.1, 0.15) is 18.0 Å². The number of nitrogens with zero attached hydrogens (tertiary/aromatic N) is 5. The summed E-state index contributed by atoms with van der Waals surface area (Å²) in [5.41, 5.74) is 2.54. The highest BCUT2D eigenvalue weighted by Gasteiger charge is 2.16. The summed E-state index contributed by atoms with van der Waals surface area (Å²) in [4.78, 5) is 9.33. The van der Waals surface area contributed by atoms with E-state index < -0.39 is 0 Å². The van der Waals surface area contributed by atoms with E-state index in [9.17, 15) is 10.5 Å². The van der Waals surface area contributed by atoms with E-state index in [1.807, 2.05) is 18.3 Å². The molecule has 6 nitrogen and oxygen atoms in total. The number of hydrogen-bond acceptors (Lipinski definition) is 6. The zero-order chi connectivity index (χ0) is 18.4. The third kappa shape index (κ3) is 3.93. The predicted molar refractivity (Wildman–Crippen MR) is 102 cm³/mol. The molecule has 3 rings (SSSR count). The second-order valence-corrected chi connectivity index (χ2v) is 6.25. The Kier molecular flexibility index (Phi) is 5.68. The van der Waals surface area contributed by atoms with Gasteiger partial charge in [-0.15, -0.1) is 0 Å². The van der Waals surface area contributed by atoms with Crippen LogP contribution in [0.25, 0.3) is 0 Å². The molecule has 1 N–H and O–H groups in total. The van der Waals surface area contributed by atoms with E-state index in [0.717, 1.165) is 44.1 Å². The van der Waals surface area contributed by atoms with Gasteiger partial charge in [-0.1, -0.05) is 19.1 Å². The molecule has 26 heavy (non-hydrogen) atoms. The van der Waals surface area contributed by atoms with Crippen LogP contribution in [0.2, 0.25) is 0 Å². The number of rotatable bonds is 5. The molecule has 0 aliphatic carbocycles. The standard InChI is InChI=1S/C20H22N6/c1-2-25-8-10-26(11-9-25)19-7-6-16(14-23-19)15-24-20-17(12-21)4-3-5-18(20)13-22/h3-7,14,24H,2,8-11,15H2,1H3. The average Bonchev–Trinajstić information content (AvgIpc) is 2.72. The fourth-order valence-corrected chi connectivity index (χ4v) is 3.12. The molecular formula is C20H22N6. The van der Waals surface area contributed by atoms with Crippen molar-refractivity contribution >= 4 is 11.5 Å². The van der Waals surface area contributed by atoms with E-state index in [1.165, 1.54) is 0 Å². The molecule has 2 heterocycles. The van der Waals surface area contributed by atoms with Gasteiger partial charge in [0, 0.05) is 38.9 Å². The lowest BCUT2D eigenvalue weighted by Gasteiger charge is -2.34. The minimum absolute atomic E-state index is 0.474. The van der Waals surface area contributed by atoms with Gasteiger partial charge in [0.05, 0.1) is 16.8 Å². The van der Waals surface area contributed by atoms with Crippen molar-refractivity contribution in [2.75, 3.05) is 42.9 Å². The molecule has 0 unspecified atom stereocenters. The van der Waals surface area contributed by atoms with Crippen LogP contribution < -0.4 is 10.2 Å². The average molecular weight is 346 g/mol. The van der Waals surface area contributed by atoms with Crippen LogP contribution in [0.3, 0.4) is 0 Å². The van der Waals surface area contributed by atoms with Gasteiger partial charge in [-0.05, 0) is 30.3 Å². The second-order valence-electron chi connectivity index (χ2n) is 6.25. The van der Waals surface area contributed by atoms with E-state index in [1.54, 1.807) is 18.2 Å². The Bertz CT molecular complexity index is 791. The lowest BCUT2D eigenvalue weighted by molar-refractivity contribution is 0.270. The molecule has 1 aromatic carbocycles. The van der Waals surface area contributed by atoms with Crippen molar-refractivity contribution in [2.24, 2.45) is 0 Å². The van der Waals surface area contributed by atoms with Crippen molar-refractivity contribution in [3.8, 4) is 12.1 Å². The van der Waals surface area contributed by atoms with Gasteiger partial charge in [-0.25, -0.2) is 4.98 Å². The molecule has 2 aromatic rings. The molecule has 1 aromatic heterocycles. The van der Waals surface area contributed by atoms with Crippen molar-refractivity contribution < 1.29 is 0 Å². The lowest BCUT2D eigenvalue weighted by atomic mass is 10.1. The highest BCUT2D eigenvalue weighted by molar-refractivity contribution is 5.66. The molecule has 0 atom stereocenters. The summed E-state index contributed by atoms with van der Waals surface area (Å²) in [6.07, 6.45) is 1.86. The summed E-state index contributed by atoms with van der Waals surface area (Å²) in [5, 5.41) is 21.7. The van der Waals surface area contributed by atoms with Gasteiger partial charge >= 0.3 is 0 Å². The maximum atomic E-state index is 9.23. The fourth-order valence-electron chi connectivity index (χ4n) is 3.12. The monoisotopic (exact) mass is 346 g/mol. The van der Waals surface area contributed by atoms with Gasteiger partial charge in [0.15, 0.2) is 0 Å². The number of nitriles is 2. The highest BCUT2D eigenvalue weighted by atomic mass is 15.3. The summed E-state index contributed by atoms with van der Waals surface area (Å²) < 4.78 is 0. The van der Waals surface area contributed by atoms with Crippen LogP contribution in [0.15, 0.2) is 36.5 Å². The van der Waals surface area contributed by atoms with Gasteiger partial charge in [-0.2, -0.15) is 10.5 Å². The van der Waals surface area contributed by atoms with Crippen molar-refractivity contribution in [2.45, 2.75) is 13.5 Å². The third-order valence-electron chi connectivity index (χ3n) is 4.73. The first-order valence-corrected chi connectivity index (χ1v) is 8.84. The zero-order valence-corrected chi connectivity index (χ0v) is 14.9. The molecule has 0 spiro atoms. The number of aromatic nitrogens is 1. The van der Waals surface area contributed by atoms with Crippen LogP contribution in [0.1, 0.15) is 23.6 Å². The molecule has 1 fully saturated rings. The Balaban J connectivity index is 1.64. The Morgan fingerprint density at radius 1 is 1.04 bits per heavy atom. The number of hydrogen-bond donors (Lipinski definition) is 1. The third-order valence-corrected chi connectivity index (χ3v) is 4.73. The van der Waals surface area contributed by atoms with Crippen LogP contribution in [0.5, 0.6) is 0 Å². The zero-order valence-electron chi connectivity index (χ0n) is 14.9. The quantitative estimate of drug-likeness (QED) is 0.896. The van der Waals surface area contributed by atoms with E-state index >= 15 is 0 Å². The maximum absolute atomic E-state index is 9.23. The highest BCUT2D eigenvalue weighted by Crippen LogP contribution is 2.21. The van der Waals surface area contributed by atoms with Crippen LogP contribution in [-0.4, -0.2) is 42.6 Å². The van der Waals surface area contributed by atoms with E-state index in [0.29, 0.717) is 23.4 Å². The summed E-state index contributed by atoms with van der Waals surface area (Å²) in [6, 6.07) is 13.5. The van der Waals surface area contributed by atoms with Gasteiger partial charge in [0.2, 0.25) is 0 Å². The molecule has 6 heteroatoms. The molecule has 0 saturated carbocycles. The molecular weight excluding hydrogens is 324 g/mol. The van der Waals surface area contributed by atoms with Crippen molar-refractivity contribution in [1.29, 1.82) is 10.5 Å². The topological polar surface area (TPSA) is 79.0 Å². The van der Waals surface area contributed by atoms with Crippen molar-refractivity contribution in [1.82, 2.24) is 9.88 Å². The Morgan fingerprint density at radius 3 is 2.27 bits per heavy atom. The molecule has 0 radical (unpaired) electrons. The first-order chi connectivity index (χ1) is 12.7. The summed E-state index contributed by atoms with van der Waals surface area (Å²) in [5.74, 6) is 1.000. The Morgan fingerprint density at radius 2 is 1.73 bits per heavy atom. The van der Waals surface area contributed by atoms with E-state index in [-0.39, 0.29) is 0 Å². The molecule has 0 bridgehead atoms. The van der Waals surface area contributed by atoms with Gasteiger partial charge in [-0.3, -0.25) is 0 Å². The summed E-state index contributed by atoms with van der Waals surface area (Å²) in [7, 11) is 0. The summed E-state index contributed by atoms with van der Waals surface area (Å²) in [6.45, 7) is 7.95. The van der Waals surface area contributed by atoms with Crippen LogP contribution in [0.4, 0.5) is 11.5 Å². The minimum Gasteiger partial charge on any atom is -0.379 e. The van der Waals surface area contributed by atoms with Crippen LogP contribution >= 0.6 is 0 Å². The number of anilines is 2. The number of piperazine rings is 1. The SMILES string of the molecule is CCN1CCN(c2ccc(CNc3c(C#N)cccc3C#N)cn2)CC1. The first kappa shape index (κ1) is 17.7. The maximum Gasteiger partial charge on any atom is 0.128 e. The van der Waals surface area contributed by atoms with Crippen LogP contribution in [0, 0.1) is 22.7 Å². The van der Waals surface area contributed by atoms with Crippen molar-refractivity contribution in [3.63, 3.8) is 0 Å². The largest absolute Gasteiger partial charge is 0.379 e. The van der Waals surface area contributed by atoms with Crippen LogP contribution in [-0.2, 0) is 6.54 Å². The summed E-state index contributed by atoms with van der Waals surface area (Å²) >= 11 is 0. The second kappa shape index (κ2) is 8.33. The van der Waals surface area contributed by atoms with E-state index in [4.69, 9.17) is 0 Å². The Hall–Kier alpha value is -3.09.